The van der Waals surface area contributed by atoms with Crippen molar-refractivity contribution in [1.82, 2.24) is 14.9 Å². The van der Waals surface area contributed by atoms with Gasteiger partial charge in [-0.1, -0.05) is 54.2 Å². The van der Waals surface area contributed by atoms with Gasteiger partial charge >= 0.3 is 0 Å². The van der Waals surface area contributed by atoms with Gasteiger partial charge < -0.3 is 10.1 Å². The maximum atomic E-state index is 13.2. The smallest absolute Gasteiger partial charge is 0.262 e. The average Bonchev–Trinajstić information content (AvgIpc) is 2.73. The van der Waals surface area contributed by atoms with Gasteiger partial charge in [0.25, 0.3) is 5.56 Å². The summed E-state index contributed by atoms with van der Waals surface area (Å²) in [5.74, 6) is 0.0547. The SMILES string of the molecule is COCCNC(=O)CSc1nc2ccccc2c(=O)n1[C@@H](C)c1ccccc1. The molecule has 0 aliphatic heterocycles. The summed E-state index contributed by atoms with van der Waals surface area (Å²) in [5, 5.41) is 3.88. The molecule has 3 aromatic rings. The summed E-state index contributed by atoms with van der Waals surface area (Å²) in [6, 6.07) is 16.9. The topological polar surface area (TPSA) is 73.2 Å². The molecule has 3 rings (SSSR count). The number of carbonyl (C=O) groups is 1. The summed E-state index contributed by atoms with van der Waals surface area (Å²) in [4.78, 5) is 30.0. The Hall–Kier alpha value is -2.64. The van der Waals surface area contributed by atoms with E-state index >= 15 is 0 Å². The number of ether oxygens (including phenoxy) is 1. The number of thioether (sulfide) groups is 1. The van der Waals surface area contributed by atoms with E-state index in [1.807, 2.05) is 55.5 Å². The van der Waals surface area contributed by atoms with Crippen LogP contribution in [0.2, 0.25) is 0 Å². The third-order valence-corrected chi connectivity index (χ3v) is 5.36. The molecule has 28 heavy (non-hydrogen) atoms. The van der Waals surface area contributed by atoms with Crippen LogP contribution in [0.3, 0.4) is 0 Å². The highest BCUT2D eigenvalue weighted by Crippen LogP contribution is 2.24. The molecule has 1 aromatic heterocycles. The quantitative estimate of drug-likeness (QED) is 0.359. The van der Waals surface area contributed by atoms with Crippen molar-refractivity contribution in [3.05, 3.63) is 70.5 Å². The molecule has 1 amide bonds. The van der Waals surface area contributed by atoms with E-state index in [1.165, 1.54) is 11.8 Å². The van der Waals surface area contributed by atoms with E-state index in [-0.39, 0.29) is 23.3 Å². The Morgan fingerprint density at radius 1 is 1.18 bits per heavy atom. The van der Waals surface area contributed by atoms with Crippen molar-refractivity contribution in [2.75, 3.05) is 26.0 Å². The van der Waals surface area contributed by atoms with Crippen LogP contribution in [-0.4, -0.2) is 41.5 Å². The zero-order valence-corrected chi connectivity index (χ0v) is 16.7. The molecule has 0 spiro atoms. The number of fused-ring (bicyclic) bond motifs is 1. The van der Waals surface area contributed by atoms with Gasteiger partial charge in [0, 0.05) is 13.7 Å². The van der Waals surface area contributed by atoms with Gasteiger partial charge in [0.15, 0.2) is 5.16 Å². The molecular weight excluding hydrogens is 374 g/mol. The lowest BCUT2D eigenvalue weighted by molar-refractivity contribution is -0.118. The fourth-order valence-corrected chi connectivity index (χ4v) is 3.83. The van der Waals surface area contributed by atoms with Crippen molar-refractivity contribution in [3.8, 4) is 0 Å². The lowest BCUT2D eigenvalue weighted by Gasteiger charge is -2.20. The number of para-hydroxylation sites is 1. The molecule has 6 nitrogen and oxygen atoms in total. The molecule has 0 bridgehead atoms. The Balaban J connectivity index is 1.95. The average molecular weight is 398 g/mol. The van der Waals surface area contributed by atoms with Gasteiger partial charge in [0.1, 0.15) is 0 Å². The Morgan fingerprint density at radius 3 is 2.64 bits per heavy atom. The normalized spacial score (nSPS) is 12.1. The highest BCUT2D eigenvalue weighted by Gasteiger charge is 2.18. The van der Waals surface area contributed by atoms with E-state index in [0.29, 0.717) is 29.2 Å². The van der Waals surface area contributed by atoms with Crippen LogP contribution in [0.25, 0.3) is 10.9 Å². The van der Waals surface area contributed by atoms with Gasteiger partial charge in [0.05, 0.1) is 29.3 Å². The first-order valence-electron chi connectivity index (χ1n) is 9.06. The molecule has 0 radical (unpaired) electrons. The Bertz CT molecular complexity index is 1000. The number of carbonyl (C=O) groups excluding carboxylic acids is 1. The van der Waals surface area contributed by atoms with Crippen molar-refractivity contribution in [3.63, 3.8) is 0 Å². The van der Waals surface area contributed by atoms with Crippen LogP contribution in [-0.2, 0) is 9.53 Å². The summed E-state index contributed by atoms with van der Waals surface area (Å²) in [5.41, 5.74) is 1.53. The van der Waals surface area contributed by atoms with Crippen molar-refractivity contribution in [2.24, 2.45) is 0 Å². The maximum Gasteiger partial charge on any atom is 0.262 e. The highest BCUT2D eigenvalue weighted by molar-refractivity contribution is 7.99. The highest BCUT2D eigenvalue weighted by atomic mass is 32.2. The van der Waals surface area contributed by atoms with E-state index in [1.54, 1.807) is 17.7 Å². The van der Waals surface area contributed by atoms with Crippen LogP contribution >= 0.6 is 11.8 Å². The molecule has 0 saturated carbocycles. The molecule has 1 atom stereocenters. The number of hydrogen-bond acceptors (Lipinski definition) is 5. The number of hydrogen-bond donors (Lipinski definition) is 1. The standard InChI is InChI=1S/C21H23N3O3S/c1-15(16-8-4-3-5-9-16)24-20(26)17-10-6-7-11-18(17)23-21(24)28-14-19(25)22-12-13-27-2/h3-11,15H,12-14H2,1-2H3,(H,22,25)/t15-/m0/s1. The number of nitrogens with one attached hydrogen (secondary N) is 1. The van der Waals surface area contributed by atoms with Gasteiger partial charge in [-0.15, -0.1) is 0 Å². The number of amides is 1. The first-order chi connectivity index (χ1) is 13.6. The fraction of sp³-hybridized carbons (Fsp3) is 0.286. The molecule has 7 heteroatoms. The number of nitrogens with zero attached hydrogens (tertiary/aromatic N) is 2. The lowest BCUT2D eigenvalue weighted by atomic mass is 10.1. The zero-order chi connectivity index (χ0) is 19.9. The summed E-state index contributed by atoms with van der Waals surface area (Å²) in [6.07, 6.45) is 0. The molecule has 1 heterocycles. The molecule has 146 valence electrons. The van der Waals surface area contributed by atoms with Gasteiger partial charge in [-0.25, -0.2) is 4.98 Å². The molecule has 2 aromatic carbocycles. The molecule has 0 fully saturated rings. The predicted molar refractivity (Wildman–Crippen MR) is 112 cm³/mol. The minimum Gasteiger partial charge on any atom is -0.383 e. The van der Waals surface area contributed by atoms with Crippen LogP contribution in [0, 0.1) is 0 Å². The third-order valence-electron chi connectivity index (χ3n) is 4.41. The van der Waals surface area contributed by atoms with Gasteiger partial charge in [-0.2, -0.15) is 0 Å². The molecule has 0 saturated heterocycles. The fourth-order valence-electron chi connectivity index (χ4n) is 2.92. The first-order valence-corrected chi connectivity index (χ1v) is 10.0. The van der Waals surface area contributed by atoms with Crippen LogP contribution < -0.4 is 10.9 Å². The first kappa shape index (κ1) is 20.1. The number of methoxy groups -OCH3 is 1. The molecule has 0 unspecified atom stereocenters. The van der Waals surface area contributed by atoms with Crippen molar-refractivity contribution >= 4 is 28.6 Å². The second-order valence-corrected chi connectivity index (χ2v) is 7.25. The maximum absolute atomic E-state index is 13.2. The van der Waals surface area contributed by atoms with E-state index in [0.717, 1.165) is 5.56 Å². The molecule has 0 aliphatic carbocycles. The number of aromatic nitrogens is 2. The molecular formula is C21H23N3O3S. The van der Waals surface area contributed by atoms with E-state index in [2.05, 4.69) is 10.3 Å². The van der Waals surface area contributed by atoms with Crippen LogP contribution in [0.5, 0.6) is 0 Å². The van der Waals surface area contributed by atoms with Crippen molar-refractivity contribution < 1.29 is 9.53 Å². The van der Waals surface area contributed by atoms with Gasteiger partial charge in [-0.3, -0.25) is 14.2 Å². The second kappa shape index (κ2) is 9.52. The molecule has 1 N–H and O–H groups in total. The summed E-state index contributed by atoms with van der Waals surface area (Å²) >= 11 is 1.26. The monoisotopic (exact) mass is 397 g/mol. The van der Waals surface area contributed by atoms with Crippen LogP contribution in [0.1, 0.15) is 18.5 Å². The van der Waals surface area contributed by atoms with Crippen molar-refractivity contribution in [2.45, 2.75) is 18.1 Å². The van der Waals surface area contributed by atoms with Gasteiger partial charge in [0.2, 0.25) is 5.91 Å². The van der Waals surface area contributed by atoms with Crippen molar-refractivity contribution in [1.29, 1.82) is 0 Å². The lowest BCUT2D eigenvalue weighted by Crippen LogP contribution is -2.30. The largest absolute Gasteiger partial charge is 0.383 e. The van der Waals surface area contributed by atoms with Crippen LogP contribution in [0.4, 0.5) is 0 Å². The zero-order valence-electron chi connectivity index (χ0n) is 15.9. The number of benzene rings is 2. The van der Waals surface area contributed by atoms with E-state index in [9.17, 15) is 9.59 Å². The Labute approximate surface area is 167 Å². The predicted octanol–water partition coefficient (Wildman–Crippen LogP) is 2.86. The third kappa shape index (κ3) is 4.61. The van der Waals surface area contributed by atoms with E-state index in [4.69, 9.17) is 4.74 Å². The summed E-state index contributed by atoms with van der Waals surface area (Å²) in [7, 11) is 1.59. The van der Waals surface area contributed by atoms with Gasteiger partial charge in [-0.05, 0) is 24.6 Å². The number of rotatable bonds is 8. The Kier molecular flexibility index (Phi) is 6.84. The van der Waals surface area contributed by atoms with Crippen LogP contribution in [0.15, 0.2) is 64.5 Å². The Morgan fingerprint density at radius 2 is 1.89 bits per heavy atom. The summed E-state index contributed by atoms with van der Waals surface area (Å²) in [6.45, 7) is 2.88. The van der Waals surface area contributed by atoms with E-state index < -0.39 is 0 Å². The summed E-state index contributed by atoms with van der Waals surface area (Å²) < 4.78 is 6.61. The molecule has 0 aliphatic rings. The minimum absolute atomic E-state index is 0.107. The second-order valence-electron chi connectivity index (χ2n) is 6.30. The minimum atomic E-state index is -0.204.